The van der Waals surface area contributed by atoms with E-state index in [9.17, 15) is 13.2 Å². The molecule has 1 saturated heterocycles. The van der Waals surface area contributed by atoms with Crippen molar-refractivity contribution in [3.05, 3.63) is 89.2 Å². The molecule has 0 atom stereocenters. The van der Waals surface area contributed by atoms with Crippen molar-refractivity contribution in [2.75, 3.05) is 24.4 Å². The van der Waals surface area contributed by atoms with Crippen molar-refractivity contribution in [3.63, 3.8) is 0 Å². The average Bonchev–Trinajstić information content (AvgIpc) is 2.83. The monoisotopic (exact) mass is 477 g/mol. The van der Waals surface area contributed by atoms with E-state index in [1.54, 1.807) is 48.5 Å². The molecule has 0 amide bonds. The maximum absolute atomic E-state index is 13.0. The van der Waals surface area contributed by atoms with Gasteiger partial charge in [0.15, 0.2) is 5.78 Å². The Morgan fingerprint density at radius 3 is 2.29 bits per heavy atom. The van der Waals surface area contributed by atoms with Crippen LogP contribution in [0.25, 0.3) is 0 Å². The molecule has 2 aromatic carbocycles. The van der Waals surface area contributed by atoms with E-state index in [-0.39, 0.29) is 16.6 Å². The summed E-state index contributed by atoms with van der Waals surface area (Å²) < 4.78 is 27.8. The van der Waals surface area contributed by atoms with Crippen LogP contribution in [-0.2, 0) is 16.4 Å². The number of aryl methyl sites for hydroxylation is 2. The molecule has 0 saturated carbocycles. The fourth-order valence-electron chi connectivity index (χ4n) is 4.30. The number of hydrogen-bond donors (Lipinski definition) is 1. The van der Waals surface area contributed by atoms with Crippen molar-refractivity contribution >= 4 is 21.5 Å². The number of hydrogen-bond acceptors (Lipinski definition) is 5. The SMILES string of the molecule is Cc1ccc(S(=O)(=O)Nc2ccc(C(=O)C3CCN(CCc4cccc(C)n4)CC3)cc2)cc1. The largest absolute Gasteiger partial charge is 0.303 e. The van der Waals surface area contributed by atoms with E-state index in [2.05, 4.69) is 20.7 Å². The Morgan fingerprint density at radius 1 is 0.971 bits per heavy atom. The number of likely N-dealkylation sites (tertiary alicyclic amines) is 1. The number of anilines is 1. The fraction of sp³-hybridized carbons (Fsp3) is 0.333. The van der Waals surface area contributed by atoms with Crippen molar-refractivity contribution in [1.29, 1.82) is 0 Å². The van der Waals surface area contributed by atoms with E-state index >= 15 is 0 Å². The second kappa shape index (κ2) is 10.5. The zero-order valence-electron chi connectivity index (χ0n) is 19.7. The molecule has 1 aromatic heterocycles. The van der Waals surface area contributed by atoms with Gasteiger partial charge in [0.25, 0.3) is 10.0 Å². The van der Waals surface area contributed by atoms with E-state index in [0.717, 1.165) is 55.8 Å². The first-order valence-corrected chi connectivity index (χ1v) is 13.2. The Bertz CT molecular complexity index is 1230. The number of carbonyl (C=O) groups excluding carboxylic acids is 1. The molecule has 0 spiro atoms. The summed E-state index contributed by atoms with van der Waals surface area (Å²) in [5.74, 6) is 0.136. The van der Waals surface area contributed by atoms with Gasteiger partial charge in [-0.2, -0.15) is 0 Å². The highest BCUT2D eigenvalue weighted by Crippen LogP contribution is 2.24. The summed E-state index contributed by atoms with van der Waals surface area (Å²) in [6.07, 6.45) is 2.59. The lowest BCUT2D eigenvalue weighted by Gasteiger charge is -2.31. The zero-order valence-corrected chi connectivity index (χ0v) is 20.5. The van der Waals surface area contributed by atoms with Crippen LogP contribution in [0.1, 0.15) is 40.2 Å². The van der Waals surface area contributed by atoms with Crippen LogP contribution in [0.5, 0.6) is 0 Å². The van der Waals surface area contributed by atoms with Gasteiger partial charge >= 0.3 is 0 Å². The van der Waals surface area contributed by atoms with Crippen molar-refractivity contribution in [3.8, 4) is 0 Å². The van der Waals surface area contributed by atoms with Crippen LogP contribution < -0.4 is 4.72 Å². The van der Waals surface area contributed by atoms with Gasteiger partial charge in [0.05, 0.1) is 4.90 Å². The van der Waals surface area contributed by atoms with Gasteiger partial charge in [-0.25, -0.2) is 8.42 Å². The third-order valence-corrected chi connectivity index (χ3v) is 7.74. The first-order chi connectivity index (χ1) is 16.3. The molecule has 1 N–H and O–H groups in total. The highest BCUT2D eigenvalue weighted by molar-refractivity contribution is 7.92. The van der Waals surface area contributed by atoms with Gasteiger partial charge in [-0.1, -0.05) is 23.8 Å². The summed E-state index contributed by atoms with van der Waals surface area (Å²) in [5, 5.41) is 0. The fourth-order valence-corrected chi connectivity index (χ4v) is 5.36. The minimum Gasteiger partial charge on any atom is -0.303 e. The molecule has 0 aliphatic carbocycles. The van der Waals surface area contributed by atoms with Crippen molar-refractivity contribution in [1.82, 2.24) is 9.88 Å². The Hall–Kier alpha value is -3.03. The Kier molecular flexibility index (Phi) is 7.44. The quantitative estimate of drug-likeness (QED) is 0.478. The number of piperidine rings is 1. The van der Waals surface area contributed by atoms with Crippen LogP contribution in [-0.4, -0.2) is 43.7 Å². The molecule has 34 heavy (non-hydrogen) atoms. The minimum absolute atomic E-state index is 0.00319. The predicted octanol–water partition coefficient (Wildman–Crippen LogP) is 4.64. The maximum atomic E-state index is 13.0. The topological polar surface area (TPSA) is 79.4 Å². The van der Waals surface area contributed by atoms with E-state index < -0.39 is 10.0 Å². The molecule has 0 radical (unpaired) electrons. The molecule has 1 aliphatic rings. The molecular weight excluding hydrogens is 446 g/mol. The van der Waals surface area contributed by atoms with Crippen LogP contribution in [0.4, 0.5) is 5.69 Å². The summed E-state index contributed by atoms with van der Waals surface area (Å²) >= 11 is 0. The molecular formula is C27H31N3O3S. The molecule has 178 valence electrons. The molecule has 4 rings (SSSR count). The number of sulfonamides is 1. The molecule has 0 bridgehead atoms. The summed E-state index contributed by atoms with van der Waals surface area (Å²) in [7, 11) is -3.66. The minimum atomic E-state index is -3.66. The van der Waals surface area contributed by atoms with Gasteiger partial charge in [0.1, 0.15) is 0 Å². The number of rotatable bonds is 8. The third-order valence-electron chi connectivity index (χ3n) is 6.34. The number of nitrogens with one attached hydrogen (secondary N) is 1. The second-order valence-corrected chi connectivity index (χ2v) is 10.7. The molecule has 6 nitrogen and oxygen atoms in total. The van der Waals surface area contributed by atoms with E-state index in [1.165, 1.54) is 0 Å². The van der Waals surface area contributed by atoms with Crippen molar-refractivity contribution in [2.24, 2.45) is 5.92 Å². The number of aromatic nitrogens is 1. The third kappa shape index (κ3) is 6.10. The number of pyridine rings is 1. The highest BCUT2D eigenvalue weighted by atomic mass is 32.2. The predicted molar refractivity (Wildman–Crippen MR) is 135 cm³/mol. The number of carbonyl (C=O) groups is 1. The van der Waals surface area contributed by atoms with Crippen LogP contribution in [0.15, 0.2) is 71.6 Å². The van der Waals surface area contributed by atoms with Crippen molar-refractivity contribution in [2.45, 2.75) is 38.0 Å². The van der Waals surface area contributed by atoms with Gasteiger partial charge in [-0.15, -0.1) is 0 Å². The van der Waals surface area contributed by atoms with Crippen LogP contribution in [0.2, 0.25) is 0 Å². The molecule has 1 fully saturated rings. The van der Waals surface area contributed by atoms with E-state index in [1.807, 2.05) is 26.0 Å². The van der Waals surface area contributed by atoms with Crippen LogP contribution in [0.3, 0.4) is 0 Å². The number of nitrogens with zero attached hydrogens (tertiary/aromatic N) is 2. The number of ketones is 1. The lowest BCUT2D eigenvalue weighted by molar-refractivity contribution is 0.0841. The van der Waals surface area contributed by atoms with Gasteiger partial charge in [-0.3, -0.25) is 14.5 Å². The Morgan fingerprint density at radius 2 is 1.65 bits per heavy atom. The van der Waals surface area contributed by atoms with Gasteiger partial charge in [0, 0.05) is 41.5 Å². The average molecular weight is 478 g/mol. The van der Waals surface area contributed by atoms with Gasteiger partial charge < -0.3 is 4.90 Å². The standard InChI is InChI=1S/C27H31N3O3S/c1-20-6-12-26(13-7-20)34(32,33)29-25-10-8-22(9-11-25)27(31)23-14-17-30(18-15-23)19-16-24-5-3-4-21(2)28-24/h3-13,23,29H,14-19H2,1-2H3. The molecule has 2 heterocycles. The smallest absolute Gasteiger partial charge is 0.261 e. The maximum Gasteiger partial charge on any atom is 0.261 e. The molecule has 3 aromatic rings. The van der Waals surface area contributed by atoms with Crippen LogP contribution >= 0.6 is 0 Å². The van der Waals surface area contributed by atoms with E-state index in [4.69, 9.17) is 0 Å². The van der Waals surface area contributed by atoms with Crippen LogP contribution in [0, 0.1) is 19.8 Å². The lowest BCUT2D eigenvalue weighted by Crippen LogP contribution is -2.37. The molecule has 0 unspecified atom stereocenters. The number of Topliss-reactive ketones (excluding diaryl/α,β-unsaturated/α-hetero) is 1. The Labute approximate surface area is 202 Å². The second-order valence-electron chi connectivity index (χ2n) is 9.00. The zero-order chi connectivity index (χ0) is 24.1. The number of benzene rings is 2. The molecule has 7 heteroatoms. The normalized spacial score (nSPS) is 15.2. The van der Waals surface area contributed by atoms with Crippen molar-refractivity contribution < 1.29 is 13.2 Å². The first kappa shape index (κ1) is 24.1. The summed E-state index contributed by atoms with van der Waals surface area (Å²) in [5.41, 5.74) is 4.21. The lowest BCUT2D eigenvalue weighted by atomic mass is 9.89. The highest BCUT2D eigenvalue weighted by Gasteiger charge is 2.26. The first-order valence-electron chi connectivity index (χ1n) is 11.7. The summed E-state index contributed by atoms with van der Waals surface area (Å²) in [6.45, 7) is 6.67. The van der Waals surface area contributed by atoms with Gasteiger partial charge in [0.2, 0.25) is 0 Å². The Balaban J connectivity index is 1.29. The van der Waals surface area contributed by atoms with Gasteiger partial charge in [-0.05, 0) is 88.3 Å². The molecule has 1 aliphatic heterocycles. The summed E-state index contributed by atoms with van der Waals surface area (Å²) in [6, 6.07) is 19.5. The van der Waals surface area contributed by atoms with E-state index in [0.29, 0.717) is 11.3 Å². The summed E-state index contributed by atoms with van der Waals surface area (Å²) in [4.78, 5) is 20.2.